The molecule has 3 aromatic rings. The van der Waals surface area contributed by atoms with Gasteiger partial charge >= 0.3 is 11.8 Å². The molecule has 1 atom stereocenters. The van der Waals surface area contributed by atoms with Gasteiger partial charge in [-0.25, -0.2) is 4.39 Å². The van der Waals surface area contributed by atoms with Gasteiger partial charge in [0.2, 0.25) is 0 Å². The van der Waals surface area contributed by atoms with E-state index >= 15 is 0 Å². The quantitative estimate of drug-likeness (QED) is 0.598. The molecule has 0 fully saturated rings. The first-order valence-corrected chi connectivity index (χ1v) is 10.7. The van der Waals surface area contributed by atoms with Crippen molar-refractivity contribution in [1.29, 1.82) is 0 Å². The van der Waals surface area contributed by atoms with E-state index in [4.69, 9.17) is 0 Å². The van der Waals surface area contributed by atoms with Crippen molar-refractivity contribution < 1.29 is 14.0 Å². The van der Waals surface area contributed by atoms with E-state index < -0.39 is 11.8 Å². The predicted molar refractivity (Wildman–Crippen MR) is 116 cm³/mol. The fourth-order valence-corrected chi connectivity index (χ4v) is 4.51. The van der Waals surface area contributed by atoms with Crippen molar-refractivity contribution in [3.8, 4) is 0 Å². The van der Waals surface area contributed by atoms with Gasteiger partial charge in [-0.15, -0.1) is 11.3 Å². The predicted octanol–water partition coefficient (Wildman–Crippen LogP) is 3.42. The Kier molecular flexibility index (Phi) is 6.09. The lowest BCUT2D eigenvalue weighted by Gasteiger charge is -2.30. The Morgan fingerprint density at radius 1 is 1.00 bits per heavy atom. The standard InChI is InChI=1S/C23H22FN3O2S/c24-18-9-7-16(8-10-18)14-25-22(28)23(29)26-15-20(21-6-3-13-30-21)27-12-11-17-4-1-2-5-19(17)27/h1-10,13,20H,11-12,14-15H2,(H,25,28)(H,26,29). The number of nitrogens with one attached hydrogen (secondary N) is 2. The third-order valence-corrected chi connectivity index (χ3v) is 6.17. The number of para-hydroxylation sites is 1. The highest BCUT2D eigenvalue weighted by Crippen LogP contribution is 2.36. The van der Waals surface area contributed by atoms with E-state index in [2.05, 4.69) is 33.7 Å². The van der Waals surface area contributed by atoms with Crippen molar-refractivity contribution in [2.45, 2.75) is 19.0 Å². The first-order valence-electron chi connectivity index (χ1n) is 9.80. The van der Waals surface area contributed by atoms with Crippen LogP contribution >= 0.6 is 11.3 Å². The SMILES string of the molecule is O=C(NCc1ccc(F)cc1)C(=O)NCC(c1cccs1)N1CCc2ccccc21. The fraction of sp³-hybridized carbons (Fsp3) is 0.217. The van der Waals surface area contributed by atoms with Crippen LogP contribution in [0.25, 0.3) is 0 Å². The minimum atomic E-state index is -0.703. The smallest absolute Gasteiger partial charge is 0.309 e. The van der Waals surface area contributed by atoms with Crippen LogP contribution in [-0.4, -0.2) is 24.9 Å². The largest absolute Gasteiger partial charge is 0.361 e. The molecule has 1 aromatic heterocycles. The van der Waals surface area contributed by atoms with Gasteiger partial charge in [0.1, 0.15) is 5.82 Å². The van der Waals surface area contributed by atoms with Crippen LogP contribution in [0.15, 0.2) is 66.0 Å². The second-order valence-electron chi connectivity index (χ2n) is 7.12. The molecule has 2 N–H and O–H groups in total. The summed E-state index contributed by atoms with van der Waals surface area (Å²) in [5, 5.41) is 7.37. The molecule has 0 bridgehead atoms. The molecule has 4 rings (SSSR count). The maximum atomic E-state index is 13.0. The summed E-state index contributed by atoms with van der Waals surface area (Å²) < 4.78 is 13.0. The van der Waals surface area contributed by atoms with Crippen molar-refractivity contribution in [2.24, 2.45) is 0 Å². The van der Waals surface area contributed by atoms with Crippen molar-refractivity contribution in [1.82, 2.24) is 10.6 Å². The molecule has 2 aromatic carbocycles. The van der Waals surface area contributed by atoms with E-state index in [1.54, 1.807) is 23.5 Å². The van der Waals surface area contributed by atoms with Gasteiger partial charge < -0.3 is 15.5 Å². The first kappa shape index (κ1) is 20.1. The lowest BCUT2D eigenvalue weighted by Crippen LogP contribution is -2.43. The molecule has 1 aliphatic heterocycles. The molecule has 30 heavy (non-hydrogen) atoms. The van der Waals surface area contributed by atoms with Gasteiger partial charge in [-0.1, -0.05) is 36.4 Å². The van der Waals surface area contributed by atoms with Gasteiger partial charge in [-0.2, -0.15) is 0 Å². The van der Waals surface area contributed by atoms with Crippen LogP contribution in [-0.2, 0) is 22.6 Å². The topological polar surface area (TPSA) is 61.4 Å². The van der Waals surface area contributed by atoms with Crippen LogP contribution in [0, 0.1) is 5.82 Å². The molecular weight excluding hydrogens is 401 g/mol. The number of hydrogen-bond acceptors (Lipinski definition) is 4. The van der Waals surface area contributed by atoms with Gasteiger partial charge in [0.25, 0.3) is 0 Å². The zero-order valence-corrected chi connectivity index (χ0v) is 17.1. The summed E-state index contributed by atoms with van der Waals surface area (Å²) in [6.45, 7) is 1.37. The van der Waals surface area contributed by atoms with E-state index in [0.29, 0.717) is 6.54 Å². The van der Waals surface area contributed by atoms with Gasteiger partial charge in [-0.3, -0.25) is 9.59 Å². The van der Waals surface area contributed by atoms with Crippen LogP contribution in [0.5, 0.6) is 0 Å². The molecule has 0 radical (unpaired) electrons. The van der Waals surface area contributed by atoms with E-state index in [9.17, 15) is 14.0 Å². The molecule has 2 amide bonds. The minimum Gasteiger partial charge on any atom is -0.361 e. The van der Waals surface area contributed by atoms with Gasteiger partial charge in [0.15, 0.2) is 0 Å². The van der Waals surface area contributed by atoms with Gasteiger partial charge in [0.05, 0.1) is 6.04 Å². The number of hydrogen-bond donors (Lipinski definition) is 2. The number of nitrogens with zero attached hydrogens (tertiary/aromatic N) is 1. The minimum absolute atomic E-state index is 0.0394. The van der Waals surface area contributed by atoms with Crippen LogP contribution in [0.3, 0.4) is 0 Å². The fourth-order valence-electron chi connectivity index (χ4n) is 3.67. The number of rotatable bonds is 6. The van der Waals surface area contributed by atoms with Crippen LogP contribution in [0.1, 0.15) is 22.0 Å². The van der Waals surface area contributed by atoms with Gasteiger partial charge in [-0.05, 0) is 47.2 Å². The molecule has 0 spiro atoms. The van der Waals surface area contributed by atoms with Crippen molar-refractivity contribution >= 4 is 28.8 Å². The monoisotopic (exact) mass is 423 g/mol. The van der Waals surface area contributed by atoms with Crippen molar-refractivity contribution in [3.63, 3.8) is 0 Å². The Hall–Kier alpha value is -3.19. The highest BCUT2D eigenvalue weighted by atomic mass is 32.1. The average molecular weight is 424 g/mol. The zero-order chi connectivity index (χ0) is 20.9. The number of amides is 2. The second-order valence-corrected chi connectivity index (χ2v) is 8.10. The first-order chi connectivity index (χ1) is 14.6. The summed E-state index contributed by atoms with van der Waals surface area (Å²) in [7, 11) is 0. The molecule has 2 heterocycles. The van der Waals surface area contributed by atoms with E-state index in [1.807, 2.05) is 23.6 Å². The normalized spacial score (nSPS) is 13.6. The van der Waals surface area contributed by atoms with Crippen molar-refractivity contribution in [3.05, 3.63) is 87.9 Å². The summed E-state index contributed by atoms with van der Waals surface area (Å²) >= 11 is 1.64. The third-order valence-electron chi connectivity index (χ3n) is 5.20. The number of halogens is 1. The highest BCUT2D eigenvalue weighted by Gasteiger charge is 2.28. The molecule has 1 unspecified atom stereocenters. The average Bonchev–Trinajstić information content (AvgIpc) is 3.44. The molecule has 0 aliphatic carbocycles. The number of carbonyl (C=O) groups excluding carboxylic acids is 2. The van der Waals surface area contributed by atoms with E-state index in [1.165, 1.54) is 23.4 Å². The summed E-state index contributed by atoms with van der Waals surface area (Å²) in [6.07, 6.45) is 0.962. The molecule has 7 heteroatoms. The number of thiophene rings is 1. The van der Waals surface area contributed by atoms with Gasteiger partial charge in [0, 0.05) is 30.2 Å². The maximum absolute atomic E-state index is 13.0. The molecule has 5 nitrogen and oxygen atoms in total. The third kappa shape index (κ3) is 4.52. The Labute approximate surface area is 178 Å². The van der Waals surface area contributed by atoms with Crippen molar-refractivity contribution in [2.75, 3.05) is 18.0 Å². The van der Waals surface area contributed by atoms with Crippen LogP contribution < -0.4 is 15.5 Å². The second kappa shape index (κ2) is 9.09. The number of fused-ring (bicyclic) bond motifs is 1. The summed E-state index contributed by atoms with van der Waals surface area (Å²) in [5.41, 5.74) is 3.19. The lowest BCUT2D eigenvalue weighted by molar-refractivity contribution is -0.139. The Balaban J connectivity index is 1.38. The summed E-state index contributed by atoms with van der Waals surface area (Å²) in [4.78, 5) is 28.0. The molecule has 154 valence electrons. The lowest BCUT2D eigenvalue weighted by atomic mass is 10.1. The number of carbonyl (C=O) groups is 2. The summed E-state index contributed by atoms with van der Waals surface area (Å²) in [6, 6.07) is 18.1. The molecule has 0 saturated heterocycles. The maximum Gasteiger partial charge on any atom is 0.309 e. The highest BCUT2D eigenvalue weighted by molar-refractivity contribution is 7.10. The molecule has 1 aliphatic rings. The molecule has 0 saturated carbocycles. The van der Waals surface area contributed by atoms with Crippen LogP contribution in [0.2, 0.25) is 0 Å². The number of benzene rings is 2. The van der Waals surface area contributed by atoms with Crippen LogP contribution in [0.4, 0.5) is 10.1 Å². The van der Waals surface area contributed by atoms with E-state index in [0.717, 1.165) is 23.4 Å². The summed E-state index contributed by atoms with van der Waals surface area (Å²) in [5.74, 6) is -1.72. The Morgan fingerprint density at radius 2 is 1.77 bits per heavy atom. The Morgan fingerprint density at radius 3 is 2.53 bits per heavy atom. The van der Waals surface area contributed by atoms with E-state index in [-0.39, 0.29) is 18.4 Å². The Bertz CT molecular complexity index is 1020. The molecular formula is C23H22FN3O2S. The zero-order valence-electron chi connectivity index (χ0n) is 16.3. The number of anilines is 1.